The minimum Gasteiger partial charge on any atom is -0.365 e. The summed E-state index contributed by atoms with van der Waals surface area (Å²) >= 11 is 0. The van der Waals surface area contributed by atoms with Gasteiger partial charge in [-0.1, -0.05) is 12.1 Å². The number of carbonyl (C=O) groups is 1. The lowest BCUT2D eigenvalue weighted by atomic mass is 9.96. The Balaban J connectivity index is 1.60. The summed E-state index contributed by atoms with van der Waals surface area (Å²) in [6.07, 6.45) is 8.71. The average molecular weight is 333 g/mol. The van der Waals surface area contributed by atoms with Gasteiger partial charge >= 0.3 is 0 Å². The van der Waals surface area contributed by atoms with Gasteiger partial charge in [0.15, 0.2) is 5.65 Å². The molecular formula is C19H19N5O. The summed E-state index contributed by atoms with van der Waals surface area (Å²) in [4.78, 5) is 22.0. The topological polar surface area (TPSA) is 53.7 Å². The van der Waals surface area contributed by atoms with E-state index in [0.29, 0.717) is 17.3 Å². The highest BCUT2D eigenvalue weighted by atomic mass is 16.2. The standard InChI is InChI=1S/C19H19N5O/c25-19(15-12-21-24-11-5-9-20-18(15)24)23-13-14-6-3-4-10-22(14)16-7-1-2-8-17(16)23/h1-2,5,7-9,11-12,14H,3-4,6,10,13H2/t14-/m1/s1. The van der Waals surface area contributed by atoms with Crippen molar-refractivity contribution in [1.82, 2.24) is 14.6 Å². The third-order valence-electron chi connectivity index (χ3n) is 5.26. The van der Waals surface area contributed by atoms with E-state index < -0.39 is 0 Å². The molecule has 0 bridgehead atoms. The molecule has 5 rings (SSSR count). The van der Waals surface area contributed by atoms with Crippen molar-refractivity contribution in [2.45, 2.75) is 25.3 Å². The third kappa shape index (κ3) is 2.21. The number of hydrogen-bond acceptors (Lipinski definition) is 4. The van der Waals surface area contributed by atoms with Crippen molar-refractivity contribution in [3.8, 4) is 0 Å². The number of para-hydroxylation sites is 2. The van der Waals surface area contributed by atoms with Crippen molar-refractivity contribution >= 4 is 22.9 Å². The first kappa shape index (κ1) is 14.5. The largest absolute Gasteiger partial charge is 0.365 e. The Morgan fingerprint density at radius 3 is 2.92 bits per heavy atom. The van der Waals surface area contributed by atoms with Crippen LogP contribution in [0.4, 0.5) is 11.4 Å². The number of piperidine rings is 1. The van der Waals surface area contributed by atoms with Crippen molar-refractivity contribution in [3.05, 3.63) is 54.5 Å². The first-order valence-corrected chi connectivity index (χ1v) is 8.79. The van der Waals surface area contributed by atoms with Crippen LogP contribution in [-0.4, -0.2) is 39.6 Å². The highest BCUT2D eigenvalue weighted by molar-refractivity contribution is 6.11. The zero-order valence-corrected chi connectivity index (χ0v) is 13.9. The molecule has 6 heteroatoms. The number of amides is 1. The summed E-state index contributed by atoms with van der Waals surface area (Å²) in [5.41, 5.74) is 3.31. The highest BCUT2D eigenvalue weighted by Gasteiger charge is 2.35. The molecule has 126 valence electrons. The Bertz CT molecular complexity index is 950. The van der Waals surface area contributed by atoms with Crippen LogP contribution in [0.1, 0.15) is 29.6 Å². The van der Waals surface area contributed by atoms with Crippen LogP contribution in [0, 0.1) is 0 Å². The average Bonchev–Trinajstić information content (AvgIpc) is 3.11. The zero-order chi connectivity index (χ0) is 16.8. The molecule has 1 amide bonds. The van der Waals surface area contributed by atoms with Crippen LogP contribution in [0.15, 0.2) is 48.9 Å². The molecule has 0 saturated carbocycles. The predicted molar refractivity (Wildman–Crippen MR) is 96.1 cm³/mol. The number of rotatable bonds is 1. The van der Waals surface area contributed by atoms with Gasteiger partial charge in [0.05, 0.1) is 17.6 Å². The molecule has 0 spiro atoms. The van der Waals surface area contributed by atoms with E-state index in [1.54, 1.807) is 16.9 Å². The van der Waals surface area contributed by atoms with E-state index in [1.165, 1.54) is 12.8 Å². The summed E-state index contributed by atoms with van der Waals surface area (Å²) in [7, 11) is 0. The monoisotopic (exact) mass is 333 g/mol. The Labute approximate surface area is 145 Å². The van der Waals surface area contributed by atoms with Crippen LogP contribution in [-0.2, 0) is 0 Å². The Morgan fingerprint density at radius 1 is 1.12 bits per heavy atom. The molecule has 0 N–H and O–H groups in total. The SMILES string of the molecule is O=C(c1cnn2cccnc12)N1C[C@H]2CCCCN2c2ccccc21. The molecule has 3 aromatic rings. The maximum Gasteiger partial charge on any atom is 0.263 e. The highest BCUT2D eigenvalue weighted by Crippen LogP contribution is 2.39. The second-order valence-corrected chi connectivity index (χ2v) is 6.69. The molecule has 1 aromatic carbocycles. The quantitative estimate of drug-likeness (QED) is 0.687. The molecule has 2 aliphatic rings. The molecule has 0 unspecified atom stereocenters. The van der Waals surface area contributed by atoms with Crippen molar-refractivity contribution in [1.29, 1.82) is 0 Å². The minimum atomic E-state index is -0.0219. The van der Waals surface area contributed by atoms with E-state index in [0.717, 1.165) is 30.9 Å². The summed E-state index contributed by atoms with van der Waals surface area (Å²) in [6.45, 7) is 1.79. The Hall–Kier alpha value is -2.89. The fourth-order valence-electron chi connectivity index (χ4n) is 4.07. The predicted octanol–water partition coefficient (Wildman–Crippen LogP) is 2.75. The van der Waals surface area contributed by atoms with Crippen LogP contribution in [0.3, 0.4) is 0 Å². The second kappa shape index (κ2) is 5.58. The number of anilines is 2. The first-order chi connectivity index (χ1) is 12.3. The number of nitrogens with zero attached hydrogens (tertiary/aromatic N) is 5. The van der Waals surface area contributed by atoms with E-state index in [9.17, 15) is 4.79 Å². The van der Waals surface area contributed by atoms with E-state index in [4.69, 9.17) is 0 Å². The number of carbonyl (C=O) groups excluding carboxylic acids is 1. The molecule has 1 saturated heterocycles. The normalized spacial score (nSPS) is 19.6. The van der Waals surface area contributed by atoms with E-state index >= 15 is 0 Å². The molecule has 1 atom stereocenters. The van der Waals surface area contributed by atoms with Crippen LogP contribution in [0.25, 0.3) is 5.65 Å². The number of benzene rings is 1. The molecule has 6 nitrogen and oxygen atoms in total. The molecule has 2 aliphatic heterocycles. The van der Waals surface area contributed by atoms with Crippen molar-refractivity contribution in [3.63, 3.8) is 0 Å². The third-order valence-corrected chi connectivity index (χ3v) is 5.26. The molecule has 1 fully saturated rings. The first-order valence-electron chi connectivity index (χ1n) is 8.79. The molecule has 0 aliphatic carbocycles. The van der Waals surface area contributed by atoms with Gasteiger partial charge in [0, 0.05) is 31.5 Å². The molecule has 4 heterocycles. The lowest BCUT2D eigenvalue weighted by Crippen LogP contribution is -2.52. The number of hydrogen-bond donors (Lipinski definition) is 0. The summed E-state index contributed by atoms with van der Waals surface area (Å²) in [6, 6.07) is 10.4. The molecule has 25 heavy (non-hydrogen) atoms. The molecule has 2 aromatic heterocycles. The maximum atomic E-state index is 13.3. The van der Waals surface area contributed by atoms with Gasteiger partial charge in [0.2, 0.25) is 0 Å². The van der Waals surface area contributed by atoms with Crippen LogP contribution in [0.5, 0.6) is 0 Å². The summed E-state index contributed by atoms with van der Waals surface area (Å²) in [5, 5.41) is 4.27. The van der Waals surface area contributed by atoms with Gasteiger partial charge in [0.1, 0.15) is 5.56 Å². The number of fused-ring (bicyclic) bond motifs is 4. The van der Waals surface area contributed by atoms with Gasteiger partial charge in [-0.25, -0.2) is 9.50 Å². The Kier molecular flexibility index (Phi) is 3.23. The van der Waals surface area contributed by atoms with Crippen molar-refractivity contribution < 1.29 is 4.79 Å². The summed E-state index contributed by atoms with van der Waals surface area (Å²) in [5.74, 6) is -0.0219. The summed E-state index contributed by atoms with van der Waals surface area (Å²) < 4.78 is 1.65. The van der Waals surface area contributed by atoms with Gasteiger partial charge in [-0.3, -0.25) is 4.79 Å². The van der Waals surface area contributed by atoms with E-state index in [1.807, 2.05) is 29.3 Å². The van der Waals surface area contributed by atoms with Crippen LogP contribution < -0.4 is 9.80 Å². The number of aromatic nitrogens is 3. The zero-order valence-electron chi connectivity index (χ0n) is 13.9. The van der Waals surface area contributed by atoms with Gasteiger partial charge in [-0.05, 0) is 37.5 Å². The van der Waals surface area contributed by atoms with Crippen molar-refractivity contribution in [2.75, 3.05) is 22.9 Å². The van der Waals surface area contributed by atoms with Crippen molar-refractivity contribution in [2.24, 2.45) is 0 Å². The Morgan fingerprint density at radius 2 is 2.00 bits per heavy atom. The second-order valence-electron chi connectivity index (χ2n) is 6.69. The van der Waals surface area contributed by atoms with Gasteiger partial charge in [-0.15, -0.1) is 0 Å². The maximum absolute atomic E-state index is 13.3. The van der Waals surface area contributed by atoms with Gasteiger partial charge in [-0.2, -0.15) is 5.10 Å². The lowest BCUT2D eigenvalue weighted by molar-refractivity contribution is 0.0984. The lowest BCUT2D eigenvalue weighted by Gasteiger charge is -2.46. The fraction of sp³-hybridized carbons (Fsp3) is 0.316. The van der Waals surface area contributed by atoms with E-state index in [-0.39, 0.29) is 5.91 Å². The minimum absolute atomic E-state index is 0.0219. The van der Waals surface area contributed by atoms with Crippen LogP contribution in [0.2, 0.25) is 0 Å². The van der Waals surface area contributed by atoms with Gasteiger partial charge < -0.3 is 9.80 Å². The van der Waals surface area contributed by atoms with Crippen LogP contribution >= 0.6 is 0 Å². The molecular weight excluding hydrogens is 314 g/mol. The fourth-order valence-corrected chi connectivity index (χ4v) is 4.07. The molecule has 0 radical (unpaired) electrons. The van der Waals surface area contributed by atoms with E-state index in [2.05, 4.69) is 27.1 Å². The smallest absolute Gasteiger partial charge is 0.263 e. The van der Waals surface area contributed by atoms with Gasteiger partial charge in [0.25, 0.3) is 5.91 Å².